The molecule has 27 heavy (non-hydrogen) atoms. The lowest BCUT2D eigenvalue weighted by Gasteiger charge is -2.21. The molecule has 0 amide bonds. The molecule has 0 radical (unpaired) electrons. The SMILES string of the molecule is CN(Cc1ccccc1Cl)C[C@@H](O)COc1ccc(-c2ccccc2)cc1. The largest absolute Gasteiger partial charge is 0.491 e. The van der Waals surface area contributed by atoms with Gasteiger partial charge in [-0.2, -0.15) is 0 Å². The second kappa shape index (κ2) is 9.56. The summed E-state index contributed by atoms with van der Waals surface area (Å²) in [5, 5.41) is 11.0. The number of hydrogen-bond donors (Lipinski definition) is 1. The molecule has 0 spiro atoms. The lowest BCUT2D eigenvalue weighted by atomic mass is 10.1. The molecule has 0 saturated heterocycles. The van der Waals surface area contributed by atoms with E-state index in [0.29, 0.717) is 13.1 Å². The summed E-state index contributed by atoms with van der Waals surface area (Å²) >= 11 is 6.19. The van der Waals surface area contributed by atoms with Gasteiger partial charge in [0, 0.05) is 18.1 Å². The van der Waals surface area contributed by atoms with Crippen molar-refractivity contribution in [3.05, 3.63) is 89.4 Å². The number of likely N-dealkylation sites (N-methyl/N-ethyl adjacent to an activating group) is 1. The van der Waals surface area contributed by atoms with Gasteiger partial charge in [0.25, 0.3) is 0 Å². The van der Waals surface area contributed by atoms with E-state index in [1.165, 1.54) is 5.56 Å². The van der Waals surface area contributed by atoms with Gasteiger partial charge in [-0.05, 0) is 41.9 Å². The first-order valence-electron chi connectivity index (χ1n) is 9.00. The zero-order valence-corrected chi connectivity index (χ0v) is 16.1. The van der Waals surface area contributed by atoms with Crippen molar-refractivity contribution in [3.63, 3.8) is 0 Å². The standard InChI is InChI=1S/C23H24ClNO2/c1-25(15-20-9-5-6-10-23(20)24)16-21(26)17-27-22-13-11-19(12-14-22)18-7-3-2-4-8-18/h2-14,21,26H,15-17H2,1H3/t21-/m1/s1. The fourth-order valence-corrected chi connectivity index (χ4v) is 3.16. The number of halogens is 1. The summed E-state index contributed by atoms with van der Waals surface area (Å²) in [5.74, 6) is 0.752. The first-order valence-corrected chi connectivity index (χ1v) is 9.38. The average Bonchev–Trinajstić information content (AvgIpc) is 2.69. The van der Waals surface area contributed by atoms with E-state index >= 15 is 0 Å². The molecule has 0 aliphatic rings. The van der Waals surface area contributed by atoms with Gasteiger partial charge in [0.1, 0.15) is 18.5 Å². The van der Waals surface area contributed by atoms with Crippen LogP contribution in [0.3, 0.4) is 0 Å². The number of ether oxygens (including phenoxy) is 1. The molecule has 3 nitrogen and oxygen atoms in total. The third kappa shape index (κ3) is 5.83. The minimum Gasteiger partial charge on any atom is -0.491 e. The third-order valence-electron chi connectivity index (χ3n) is 4.32. The van der Waals surface area contributed by atoms with Gasteiger partial charge in [0.05, 0.1) is 0 Å². The van der Waals surface area contributed by atoms with Gasteiger partial charge in [-0.15, -0.1) is 0 Å². The molecule has 3 aromatic carbocycles. The van der Waals surface area contributed by atoms with E-state index in [1.54, 1.807) is 0 Å². The zero-order valence-electron chi connectivity index (χ0n) is 15.4. The van der Waals surface area contributed by atoms with Crippen LogP contribution in [0.5, 0.6) is 5.75 Å². The summed E-state index contributed by atoms with van der Waals surface area (Å²) in [5.41, 5.74) is 3.36. The highest BCUT2D eigenvalue weighted by atomic mass is 35.5. The van der Waals surface area contributed by atoms with Gasteiger partial charge in [0.2, 0.25) is 0 Å². The van der Waals surface area contributed by atoms with Crippen LogP contribution in [0, 0.1) is 0 Å². The number of rotatable bonds is 8. The molecular formula is C23H24ClNO2. The minimum absolute atomic E-state index is 0.248. The maximum Gasteiger partial charge on any atom is 0.119 e. The molecule has 3 aromatic rings. The van der Waals surface area contributed by atoms with Gasteiger partial charge in [-0.3, -0.25) is 4.90 Å². The van der Waals surface area contributed by atoms with Crippen molar-refractivity contribution in [2.45, 2.75) is 12.6 Å². The lowest BCUT2D eigenvalue weighted by Crippen LogP contribution is -2.32. The van der Waals surface area contributed by atoms with Crippen LogP contribution in [-0.2, 0) is 6.54 Å². The predicted octanol–water partition coefficient (Wildman–Crippen LogP) is 4.88. The summed E-state index contributed by atoms with van der Waals surface area (Å²) in [4.78, 5) is 2.04. The Balaban J connectivity index is 1.47. The molecule has 1 atom stereocenters. The molecule has 0 saturated carbocycles. The van der Waals surface area contributed by atoms with Crippen molar-refractivity contribution in [1.29, 1.82) is 0 Å². The highest BCUT2D eigenvalue weighted by Gasteiger charge is 2.11. The van der Waals surface area contributed by atoms with E-state index in [9.17, 15) is 5.11 Å². The zero-order chi connectivity index (χ0) is 19.1. The minimum atomic E-state index is -0.578. The van der Waals surface area contributed by atoms with Crippen molar-refractivity contribution in [3.8, 4) is 16.9 Å². The van der Waals surface area contributed by atoms with Crippen molar-refractivity contribution < 1.29 is 9.84 Å². The molecule has 140 valence electrons. The third-order valence-corrected chi connectivity index (χ3v) is 4.69. The van der Waals surface area contributed by atoms with E-state index in [1.807, 2.05) is 78.7 Å². The summed E-state index contributed by atoms with van der Waals surface area (Å²) in [7, 11) is 1.96. The first-order chi connectivity index (χ1) is 13.1. The molecule has 0 aliphatic carbocycles. The Kier molecular flexibility index (Phi) is 6.88. The van der Waals surface area contributed by atoms with Gasteiger partial charge in [-0.25, -0.2) is 0 Å². The molecule has 1 N–H and O–H groups in total. The van der Waals surface area contributed by atoms with E-state index in [2.05, 4.69) is 12.1 Å². The van der Waals surface area contributed by atoms with Gasteiger partial charge in [-0.1, -0.05) is 72.3 Å². The molecule has 0 unspecified atom stereocenters. The number of aliphatic hydroxyl groups excluding tert-OH is 1. The Hall–Kier alpha value is -2.33. The second-order valence-corrected chi connectivity index (χ2v) is 7.05. The maximum absolute atomic E-state index is 10.3. The summed E-state index contributed by atoms with van der Waals surface area (Å²) in [6.45, 7) is 1.44. The Morgan fingerprint density at radius 2 is 1.52 bits per heavy atom. The van der Waals surface area contributed by atoms with Crippen LogP contribution < -0.4 is 4.74 Å². The van der Waals surface area contributed by atoms with Gasteiger partial charge < -0.3 is 9.84 Å². The fraction of sp³-hybridized carbons (Fsp3) is 0.217. The van der Waals surface area contributed by atoms with Crippen LogP contribution >= 0.6 is 11.6 Å². The highest BCUT2D eigenvalue weighted by Crippen LogP contribution is 2.22. The number of hydrogen-bond acceptors (Lipinski definition) is 3. The van der Waals surface area contributed by atoms with E-state index in [0.717, 1.165) is 21.9 Å². The monoisotopic (exact) mass is 381 g/mol. The molecule has 0 heterocycles. The molecule has 0 fully saturated rings. The van der Waals surface area contributed by atoms with E-state index in [4.69, 9.17) is 16.3 Å². The smallest absolute Gasteiger partial charge is 0.119 e. The van der Waals surface area contributed by atoms with Crippen LogP contribution in [-0.4, -0.2) is 36.3 Å². The predicted molar refractivity (Wildman–Crippen MR) is 111 cm³/mol. The number of nitrogens with zero attached hydrogens (tertiary/aromatic N) is 1. The maximum atomic E-state index is 10.3. The normalized spacial score (nSPS) is 12.1. The topological polar surface area (TPSA) is 32.7 Å². The van der Waals surface area contributed by atoms with E-state index < -0.39 is 6.10 Å². The molecule has 0 aromatic heterocycles. The number of benzene rings is 3. The average molecular weight is 382 g/mol. The van der Waals surface area contributed by atoms with Crippen LogP contribution in [0.2, 0.25) is 5.02 Å². The fourth-order valence-electron chi connectivity index (χ4n) is 2.96. The summed E-state index contributed by atoms with van der Waals surface area (Å²) < 4.78 is 5.73. The lowest BCUT2D eigenvalue weighted by molar-refractivity contribution is 0.0744. The van der Waals surface area contributed by atoms with Crippen LogP contribution in [0.1, 0.15) is 5.56 Å². The van der Waals surface area contributed by atoms with Crippen LogP contribution in [0.4, 0.5) is 0 Å². The van der Waals surface area contributed by atoms with Gasteiger partial charge in [0.15, 0.2) is 0 Å². The van der Waals surface area contributed by atoms with Crippen molar-refractivity contribution in [2.24, 2.45) is 0 Å². The Labute approximate surface area is 165 Å². The quantitative estimate of drug-likeness (QED) is 0.603. The van der Waals surface area contributed by atoms with Gasteiger partial charge >= 0.3 is 0 Å². The first kappa shape index (κ1) is 19.4. The molecule has 4 heteroatoms. The number of aliphatic hydroxyl groups is 1. The summed E-state index contributed by atoms with van der Waals surface area (Å²) in [6.07, 6.45) is -0.578. The second-order valence-electron chi connectivity index (χ2n) is 6.64. The van der Waals surface area contributed by atoms with Crippen molar-refractivity contribution >= 4 is 11.6 Å². The molecule has 3 rings (SSSR count). The van der Waals surface area contributed by atoms with Crippen molar-refractivity contribution in [1.82, 2.24) is 4.90 Å². The highest BCUT2D eigenvalue weighted by molar-refractivity contribution is 6.31. The van der Waals surface area contributed by atoms with Crippen LogP contribution in [0.15, 0.2) is 78.9 Å². The molecule has 0 bridgehead atoms. The Bertz CT molecular complexity index is 837. The Morgan fingerprint density at radius 1 is 0.889 bits per heavy atom. The van der Waals surface area contributed by atoms with E-state index in [-0.39, 0.29) is 6.61 Å². The summed E-state index contributed by atoms with van der Waals surface area (Å²) in [6, 6.07) is 25.9. The molecular weight excluding hydrogens is 358 g/mol. The van der Waals surface area contributed by atoms with Crippen molar-refractivity contribution in [2.75, 3.05) is 20.2 Å². The Morgan fingerprint density at radius 3 is 2.22 bits per heavy atom. The molecule has 0 aliphatic heterocycles. The van der Waals surface area contributed by atoms with Crippen LogP contribution in [0.25, 0.3) is 11.1 Å².